The van der Waals surface area contributed by atoms with Crippen molar-refractivity contribution in [3.05, 3.63) is 169 Å². The molecule has 0 saturated carbocycles. The Morgan fingerprint density at radius 2 is 1.19 bits per heavy atom. The number of hydrogen-bond acceptors (Lipinski definition) is 3. The number of rotatable bonds is 7. The zero-order chi connectivity index (χ0) is 40.1. The summed E-state index contributed by atoms with van der Waals surface area (Å²) in [5, 5.41) is 11.4. The van der Waals surface area contributed by atoms with Crippen molar-refractivity contribution < 1.29 is 26.2 Å². The van der Waals surface area contributed by atoms with E-state index in [1.165, 1.54) is 11.1 Å². The predicted molar refractivity (Wildman–Crippen MR) is 238 cm³/mol. The van der Waals surface area contributed by atoms with E-state index in [-0.39, 0.29) is 43.1 Å². The number of fused-ring (bicyclic) bond motifs is 1. The molecule has 8 rings (SSSR count). The maximum absolute atomic E-state index is 11.4. The standard InChI is InChI=1S/C53H50N3O.Pt/c1-51(2,3)41-31-38(30-39(32-41)45-33-37(28-29-54-45)35-18-11-9-12-19-35)42-23-17-24-47-49(42)55-50(43-22-15-16-25-48(43)57)56(47)46-27-26-40(53(7,8)52(4,5)6)34-44(46)36-20-13-10-14-21-36;/h9-29,31-34,57H,1-8H3;/q-1;. The fourth-order valence-corrected chi connectivity index (χ4v) is 7.48. The molecule has 0 aliphatic heterocycles. The van der Waals surface area contributed by atoms with Gasteiger partial charge in [0.15, 0.2) is 0 Å². The van der Waals surface area contributed by atoms with Crippen LogP contribution >= 0.6 is 0 Å². The van der Waals surface area contributed by atoms with E-state index in [4.69, 9.17) is 9.97 Å². The van der Waals surface area contributed by atoms with Crippen molar-refractivity contribution in [1.29, 1.82) is 0 Å². The van der Waals surface area contributed by atoms with Gasteiger partial charge in [-0.3, -0.25) is 9.55 Å². The maximum atomic E-state index is 11.4. The second-order valence-corrected chi connectivity index (χ2v) is 17.7. The van der Waals surface area contributed by atoms with Gasteiger partial charge in [0.1, 0.15) is 11.6 Å². The molecular formula is C53H50N3OPt-. The van der Waals surface area contributed by atoms with Gasteiger partial charge in [-0.25, -0.2) is 4.98 Å². The number of aromatic hydroxyl groups is 1. The van der Waals surface area contributed by atoms with E-state index in [0.717, 1.165) is 61.4 Å². The fourth-order valence-electron chi connectivity index (χ4n) is 7.48. The van der Waals surface area contributed by atoms with Crippen molar-refractivity contribution in [2.45, 2.75) is 66.2 Å². The van der Waals surface area contributed by atoms with E-state index in [2.05, 4.69) is 181 Å². The third kappa shape index (κ3) is 7.59. The van der Waals surface area contributed by atoms with Crippen LogP contribution in [-0.4, -0.2) is 19.6 Å². The van der Waals surface area contributed by atoms with Gasteiger partial charge in [-0.15, -0.1) is 29.3 Å². The molecule has 0 aliphatic carbocycles. The van der Waals surface area contributed by atoms with Crippen molar-refractivity contribution in [2.75, 3.05) is 0 Å². The molecule has 0 bridgehead atoms. The summed E-state index contributed by atoms with van der Waals surface area (Å²) in [6, 6.07) is 54.2. The summed E-state index contributed by atoms with van der Waals surface area (Å²) in [6.07, 6.45) is 1.88. The molecule has 0 fully saturated rings. The molecule has 4 nitrogen and oxygen atoms in total. The van der Waals surface area contributed by atoms with Gasteiger partial charge >= 0.3 is 0 Å². The van der Waals surface area contributed by atoms with Gasteiger partial charge in [-0.1, -0.05) is 164 Å². The SMILES string of the molecule is CC(C)(C)c1cc(-c2cc(-c3ccccc3)ccn2)[c-]c(-c2cccc3c2nc(-c2ccccc2O)n3-c2ccc(C(C)(C)C(C)(C)C)cc2-c2ccccc2)c1.[Pt]. The predicted octanol–water partition coefficient (Wildman–Crippen LogP) is 13.9. The Morgan fingerprint density at radius 3 is 1.86 bits per heavy atom. The first-order valence-corrected chi connectivity index (χ1v) is 19.8. The number of para-hydroxylation sites is 2. The number of pyridine rings is 1. The molecule has 0 aliphatic rings. The van der Waals surface area contributed by atoms with Crippen LogP contribution in [-0.2, 0) is 31.9 Å². The minimum absolute atomic E-state index is 0. The van der Waals surface area contributed by atoms with E-state index in [1.54, 1.807) is 6.07 Å². The number of phenolic OH excluding ortho intramolecular Hbond substituents is 1. The van der Waals surface area contributed by atoms with E-state index in [1.807, 2.05) is 30.5 Å². The molecule has 6 aromatic carbocycles. The summed E-state index contributed by atoms with van der Waals surface area (Å²) < 4.78 is 2.23. The average molecular weight is 940 g/mol. The zero-order valence-corrected chi connectivity index (χ0v) is 36.8. The molecule has 294 valence electrons. The van der Waals surface area contributed by atoms with Crippen molar-refractivity contribution >= 4 is 11.0 Å². The third-order valence-corrected chi connectivity index (χ3v) is 11.9. The van der Waals surface area contributed by atoms with E-state index >= 15 is 0 Å². The summed E-state index contributed by atoms with van der Waals surface area (Å²) in [4.78, 5) is 10.3. The Kier molecular flexibility index (Phi) is 11.0. The minimum atomic E-state index is -0.142. The summed E-state index contributed by atoms with van der Waals surface area (Å²) >= 11 is 0. The van der Waals surface area contributed by atoms with Crippen LogP contribution in [0.3, 0.4) is 0 Å². The fraction of sp³-hybridized carbons (Fsp3) is 0.208. The maximum Gasteiger partial charge on any atom is 0.148 e. The summed E-state index contributed by atoms with van der Waals surface area (Å²) in [7, 11) is 0. The molecule has 2 aromatic heterocycles. The molecule has 0 saturated heterocycles. The van der Waals surface area contributed by atoms with Crippen LogP contribution in [0.5, 0.6) is 5.75 Å². The van der Waals surface area contributed by atoms with Crippen molar-refractivity contribution in [3.63, 3.8) is 0 Å². The van der Waals surface area contributed by atoms with Gasteiger partial charge in [0.05, 0.1) is 22.3 Å². The summed E-state index contributed by atoms with van der Waals surface area (Å²) in [6.45, 7) is 18.3. The van der Waals surface area contributed by atoms with Crippen LogP contribution in [0, 0.1) is 11.5 Å². The van der Waals surface area contributed by atoms with Gasteiger partial charge in [-0.05, 0) is 74.9 Å². The molecule has 2 heterocycles. The summed E-state index contributed by atoms with van der Waals surface area (Å²) in [5.74, 6) is 0.843. The Hall–Kier alpha value is -5.57. The van der Waals surface area contributed by atoms with Crippen molar-refractivity contribution in [3.8, 4) is 67.5 Å². The number of imidazole rings is 1. The van der Waals surface area contributed by atoms with Crippen LogP contribution in [0.25, 0.3) is 72.7 Å². The molecule has 0 atom stereocenters. The zero-order valence-electron chi connectivity index (χ0n) is 34.5. The van der Waals surface area contributed by atoms with Gasteiger partial charge in [0.2, 0.25) is 0 Å². The van der Waals surface area contributed by atoms with E-state index in [9.17, 15) is 5.11 Å². The number of hydrogen-bond donors (Lipinski definition) is 1. The number of phenols is 1. The van der Waals surface area contributed by atoms with Crippen LogP contribution in [0.1, 0.15) is 66.5 Å². The molecule has 0 amide bonds. The molecule has 1 N–H and O–H groups in total. The second kappa shape index (κ2) is 15.6. The Balaban J connectivity index is 0.00000512. The van der Waals surface area contributed by atoms with Gasteiger partial charge in [-0.2, -0.15) is 0 Å². The first-order chi connectivity index (χ1) is 27.2. The van der Waals surface area contributed by atoms with Gasteiger partial charge < -0.3 is 5.11 Å². The molecule has 0 radical (unpaired) electrons. The largest absolute Gasteiger partial charge is 0.507 e. The monoisotopic (exact) mass is 939 g/mol. The van der Waals surface area contributed by atoms with Gasteiger partial charge in [0.25, 0.3) is 0 Å². The topological polar surface area (TPSA) is 50.9 Å². The van der Waals surface area contributed by atoms with Crippen LogP contribution < -0.4 is 0 Å². The Bertz CT molecular complexity index is 2730. The molecule has 0 unspecified atom stereocenters. The molecule has 5 heteroatoms. The normalized spacial score (nSPS) is 12.1. The first-order valence-electron chi connectivity index (χ1n) is 19.8. The third-order valence-electron chi connectivity index (χ3n) is 11.9. The van der Waals surface area contributed by atoms with Gasteiger partial charge in [0, 0.05) is 38.5 Å². The number of nitrogens with zero attached hydrogens (tertiary/aromatic N) is 3. The smallest absolute Gasteiger partial charge is 0.148 e. The Labute approximate surface area is 358 Å². The molecule has 58 heavy (non-hydrogen) atoms. The first kappa shape index (κ1) is 40.6. The number of benzene rings is 6. The Morgan fingerprint density at radius 1 is 0.552 bits per heavy atom. The van der Waals surface area contributed by atoms with E-state index < -0.39 is 0 Å². The van der Waals surface area contributed by atoms with Crippen LogP contribution in [0.4, 0.5) is 0 Å². The second-order valence-electron chi connectivity index (χ2n) is 17.7. The quantitative estimate of drug-likeness (QED) is 0.162. The van der Waals surface area contributed by atoms with Crippen LogP contribution in [0.2, 0.25) is 0 Å². The number of aromatic nitrogens is 3. The molecule has 8 aromatic rings. The van der Waals surface area contributed by atoms with Crippen molar-refractivity contribution in [1.82, 2.24) is 14.5 Å². The molecular weight excluding hydrogens is 890 g/mol. The average Bonchev–Trinajstić information content (AvgIpc) is 3.60. The van der Waals surface area contributed by atoms with Crippen molar-refractivity contribution in [2.24, 2.45) is 5.41 Å². The minimum Gasteiger partial charge on any atom is -0.507 e. The van der Waals surface area contributed by atoms with Crippen LogP contribution in [0.15, 0.2) is 152 Å². The molecule has 0 spiro atoms. The summed E-state index contributed by atoms with van der Waals surface area (Å²) in [5.41, 5.74) is 13.8. The van der Waals surface area contributed by atoms with E-state index in [0.29, 0.717) is 11.4 Å².